The molecule has 1 unspecified atom stereocenters. The average Bonchev–Trinajstić information content (AvgIpc) is 3.36. The Kier molecular flexibility index (Phi) is 5.30. The van der Waals surface area contributed by atoms with Crippen LogP contribution >= 0.6 is 0 Å². The normalized spacial score (nSPS) is 11.8. The Balaban J connectivity index is 1.62. The van der Waals surface area contributed by atoms with Crippen molar-refractivity contribution >= 4 is 11.8 Å². The van der Waals surface area contributed by atoms with Gasteiger partial charge in [0.05, 0.1) is 18.1 Å². The first kappa shape index (κ1) is 18.3. The van der Waals surface area contributed by atoms with Crippen molar-refractivity contribution in [1.82, 2.24) is 30.2 Å². The van der Waals surface area contributed by atoms with Crippen LogP contribution in [0.4, 0.5) is 4.39 Å². The summed E-state index contributed by atoms with van der Waals surface area (Å²) in [4.78, 5) is 28.8. The molecule has 27 heavy (non-hydrogen) atoms. The summed E-state index contributed by atoms with van der Waals surface area (Å²) in [7, 11) is 1.66. The monoisotopic (exact) mass is 370 g/mol. The maximum absolute atomic E-state index is 13.0. The summed E-state index contributed by atoms with van der Waals surface area (Å²) in [5, 5.41) is 10.3. The molecule has 9 heteroatoms. The number of hydrogen-bond donors (Lipinski definition) is 2. The molecule has 140 valence electrons. The fraction of sp³-hybridized carbons (Fsp3) is 0.222. The van der Waals surface area contributed by atoms with E-state index in [1.165, 1.54) is 4.90 Å². The van der Waals surface area contributed by atoms with Gasteiger partial charge in [0.1, 0.15) is 11.5 Å². The lowest BCUT2D eigenvalue weighted by atomic mass is 10.1. The van der Waals surface area contributed by atoms with E-state index in [1.54, 1.807) is 42.3 Å². The van der Waals surface area contributed by atoms with Crippen LogP contribution in [0.15, 0.2) is 48.9 Å². The number of amides is 2. The molecule has 0 spiro atoms. The maximum Gasteiger partial charge on any atom is 0.267 e. The van der Waals surface area contributed by atoms with Crippen molar-refractivity contribution in [2.75, 3.05) is 13.6 Å². The predicted molar refractivity (Wildman–Crippen MR) is 96.0 cm³/mol. The molecule has 2 amide bonds. The minimum Gasteiger partial charge on any atom is -0.355 e. The van der Waals surface area contributed by atoms with Gasteiger partial charge >= 0.3 is 0 Å². The van der Waals surface area contributed by atoms with E-state index in [1.807, 2.05) is 13.0 Å². The molecule has 0 bridgehead atoms. The molecule has 0 aliphatic carbocycles. The lowest BCUT2D eigenvalue weighted by Gasteiger charge is -2.25. The van der Waals surface area contributed by atoms with Crippen LogP contribution in [0.5, 0.6) is 0 Å². The number of halogens is 1. The number of carbonyl (C=O) groups is 2. The number of carbonyl (C=O) groups excluding carboxylic acids is 2. The van der Waals surface area contributed by atoms with Gasteiger partial charge in [0.15, 0.2) is 0 Å². The van der Waals surface area contributed by atoms with Gasteiger partial charge in [-0.25, -0.2) is 9.07 Å². The Labute approximate surface area is 155 Å². The van der Waals surface area contributed by atoms with Crippen molar-refractivity contribution in [2.45, 2.75) is 13.0 Å². The number of aromatic amines is 1. The van der Waals surface area contributed by atoms with E-state index in [9.17, 15) is 14.0 Å². The van der Waals surface area contributed by atoms with Crippen LogP contribution in [-0.2, 0) is 0 Å². The van der Waals surface area contributed by atoms with Gasteiger partial charge in [-0.15, -0.1) is 5.10 Å². The number of aromatic nitrogens is 4. The fourth-order valence-corrected chi connectivity index (χ4v) is 2.50. The Hall–Kier alpha value is -3.49. The molecule has 1 atom stereocenters. The lowest BCUT2D eigenvalue weighted by molar-refractivity contribution is 0.0731. The fourth-order valence-electron chi connectivity index (χ4n) is 2.50. The quantitative estimate of drug-likeness (QED) is 0.689. The zero-order valence-corrected chi connectivity index (χ0v) is 14.9. The molecule has 2 aromatic heterocycles. The number of nitrogens with zero attached hydrogens (tertiary/aromatic N) is 4. The highest BCUT2D eigenvalue weighted by molar-refractivity contribution is 5.95. The van der Waals surface area contributed by atoms with E-state index in [0.29, 0.717) is 5.56 Å². The molecule has 0 aliphatic heterocycles. The summed E-state index contributed by atoms with van der Waals surface area (Å²) in [6.45, 7) is 2.04. The zero-order chi connectivity index (χ0) is 19.4. The molecule has 3 rings (SSSR count). The van der Waals surface area contributed by atoms with Crippen LogP contribution in [-0.4, -0.2) is 56.3 Å². The second-order valence-electron chi connectivity index (χ2n) is 6.10. The zero-order valence-electron chi connectivity index (χ0n) is 14.9. The number of H-pyrrole nitrogens is 1. The highest BCUT2D eigenvalue weighted by Gasteiger charge is 2.19. The van der Waals surface area contributed by atoms with Gasteiger partial charge in [-0.05, 0) is 25.1 Å². The minimum absolute atomic E-state index is 0.134. The van der Waals surface area contributed by atoms with E-state index < -0.39 is 11.7 Å². The largest absolute Gasteiger partial charge is 0.355 e. The molecule has 1 aromatic carbocycles. The molecule has 0 fully saturated rings. The molecule has 2 heterocycles. The number of likely N-dealkylation sites (N-methyl/N-ethyl adjacent to an activating group) is 1. The molecule has 0 radical (unpaired) electrons. The first-order valence-corrected chi connectivity index (χ1v) is 8.31. The van der Waals surface area contributed by atoms with Crippen molar-refractivity contribution in [3.8, 4) is 5.69 Å². The van der Waals surface area contributed by atoms with Gasteiger partial charge in [0.25, 0.3) is 11.8 Å². The van der Waals surface area contributed by atoms with Crippen LogP contribution < -0.4 is 5.32 Å². The van der Waals surface area contributed by atoms with Gasteiger partial charge in [-0.1, -0.05) is 11.3 Å². The summed E-state index contributed by atoms with van der Waals surface area (Å²) >= 11 is 0. The van der Waals surface area contributed by atoms with E-state index in [-0.39, 0.29) is 24.2 Å². The summed E-state index contributed by atoms with van der Waals surface area (Å²) < 4.78 is 14.5. The second-order valence-corrected chi connectivity index (χ2v) is 6.10. The van der Waals surface area contributed by atoms with Crippen LogP contribution in [0.2, 0.25) is 0 Å². The number of hydrogen-bond acceptors (Lipinski definition) is 4. The average molecular weight is 370 g/mol. The number of rotatable bonds is 6. The smallest absolute Gasteiger partial charge is 0.267 e. The Morgan fingerprint density at radius 2 is 2.19 bits per heavy atom. The lowest BCUT2D eigenvalue weighted by Crippen LogP contribution is -2.43. The van der Waals surface area contributed by atoms with Crippen LogP contribution in [0.25, 0.3) is 5.69 Å². The van der Waals surface area contributed by atoms with Gasteiger partial charge in [0, 0.05) is 37.5 Å². The highest BCUT2D eigenvalue weighted by atomic mass is 19.1. The van der Waals surface area contributed by atoms with Crippen LogP contribution in [0.1, 0.15) is 27.8 Å². The third-order valence-corrected chi connectivity index (χ3v) is 4.21. The SMILES string of the molecule is CC(CNC(=O)c1cc(F)c[nH]1)N(C)C(=O)c1cccc(-n2ccnn2)c1. The first-order valence-electron chi connectivity index (χ1n) is 8.31. The molecular weight excluding hydrogens is 351 g/mol. The molecule has 8 nitrogen and oxygen atoms in total. The van der Waals surface area contributed by atoms with Gasteiger partial charge in [0.2, 0.25) is 0 Å². The van der Waals surface area contributed by atoms with Gasteiger partial charge in [-0.3, -0.25) is 9.59 Å². The number of benzene rings is 1. The third kappa shape index (κ3) is 4.20. The van der Waals surface area contributed by atoms with Crippen LogP contribution in [0.3, 0.4) is 0 Å². The number of nitrogens with one attached hydrogen (secondary N) is 2. The van der Waals surface area contributed by atoms with E-state index in [0.717, 1.165) is 18.0 Å². The minimum atomic E-state index is -0.507. The summed E-state index contributed by atoms with van der Waals surface area (Å²) in [6, 6.07) is 7.88. The van der Waals surface area contributed by atoms with Crippen molar-refractivity contribution in [3.63, 3.8) is 0 Å². The van der Waals surface area contributed by atoms with Crippen molar-refractivity contribution in [3.05, 3.63) is 66.0 Å². The topological polar surface area (TPSA) is 95.9 Å². The molecule has 0 saturated carbocycles. The van der Waals surface area contributed by atoms with E-state index >= 15 is 0 Å². The molecule has 0 saturated heterocycles. The molecular formula is C18H19FN6O2. The summed E-state index contributed by atoms with van der Waals surface area (Å²) in [5.74, 6) is -1.13. The maximum atomic E-state index is 13.0. The molecule has 2 N–H and O–H groups in total. The van der Waals surface area contributed by atoms with Crippen LogP contribution in [0, 0.1) is 5.82 Å². The summed E-state index contributed by atoms with van der Waals surface area (Å²) in [6.07, 6.45) is 4.35. The van der Waals surface area contributed by atoms with Crippen molar-refractivity contribution in [2.24, 2.45) is 0 Å². The predicted octanol–water partition coefficient (Wildman–Crippen LogP) is 1.62. The second kappa shape index (κ2) is 7.81. The Morgan fingerprint density at radius 3 is 2.85 bits per heavy atom. The first-order chi connectivity index (χ1) is 13.0. The third-order valence-electron chi connectivity index (χ3n) is 4.21. The molecule has 0 aliphatic rings. The van der Waals surface area contributed by atoms with Crippen molar-refractivity contribution < 1.29 is 14.0 Å². The van der Waals surface area contributed by atoms with E-state index in [4.69, 9.17) is 0 Å². The van der Waals surface area contributed by atoms with Gasteiger partial charge < -0.3 is 15.2 Å². The highest BCUT2D eigenvalue weighted by Crippen LogP contribution is 2.12. The van der Waals surface area contributed by atoms with Crippen molar-refractivity contribution in [1.29, 1.82) is 0 Å². The van der Waals surface area contributed by atoms with Gasteiger partial charge in [-0.2, -0.15) is 0 Å². The van der Waals surface area contributed by atoms with E-state index in [2.05, 4.69) is 20.6 Å². The Morgan fingerprint density at radius 1 is 1.37 bits per heavy atom. The summed E-state index contributed by atoms with van der Waals surface area (Å²) in [5.41, 5.74) is 1.35. The molecule has 3 aromatic rings. The standard InChI is InChI=1S/C18H19FN6O2/c1-12(10-21-17(26)16-9-14(19)11-20-16)24(2)18(27)13-4-3-5-15(8-13)25-7-6-22-23-25/h3-9,11-12,20H,10H2,1-2H3,(H,21,26). The Bertz CT molecular complexity index is 937.